The standard InChI is InChI=1S/C20H24Te2/c1-2-3-4-7-16-20(22-19-14-10-6-11-15-19)17-21-18-12-8-5-9-13-18/h5-6,8-15,17H,2-4,7,16H2,1H3/b20-17+. The molecule has 0 nitrogen and oxygen atoms in total. The Kier molecular flexibility index (Phi) is 9.31. The first kappa shape index (κ1) is 18.1. The summed E-state index contributed by atoms with van der Waals surface area (Å²) in [7, 11) is 0. The van der Waals surface area contributed by atoms with Gasteiger partial charge < -0.3 is 0 Å². The predicted molar refractivity (Wildman–Crippen MR) is 101 cm³/mol. The fourth-order valence-electron chi connectivity index (χ4n) is 2.13. The number of rotatable bonds is 9. The summed E-state index contributed by atoms with van der Waals surface area (Å²) < 4.78 is 7.55. The van der Waals surface area contributed by atoms with Crippen LogP contribution in [0, 0.1) is 0 Å². The summed E-state index contributed by atoms with van der Waals surface area (Å²) in [5.74, 6) is 0. The second kappa shape index (κ2) is 11.3. The van der Waals surface area contributed by atoms with Crippen molar-refractivity contribution in [1.82, 2.24) is 0 Å². The molecule has 0 atom stereocenters. The van der Waals surface area contributed by atoms with E-state index in [2.05, 4.69) is 71.7 Å². The van der Waals surface area contributed by atoms with E-state index in [1.807, 2.05) is 0 Å². The monoisotopic (exact) mass is 524 g/mol. The Labute approximate surface area is 155 Å². The van der Waals surface area contributed by atoms with Gasteiger partial charge in [-0.1, -0.05) is 0 Å². The molecule has 2 aromatic carbocycles. The molecule has 0 radical (unpaired) electrons. The third kappa shape index (κ3) is 7.35. The zero-order valence-corrected chi connectivity index (χ0v) is 17.9. The maximum atomic E-state index is 2.64. The molecular formula is C20H24Te2. The molecule has 0 unspecified atom stereocenters. The van der Waals surface area contributed by atoms with Gasteiger partial charge in [0.1, 0.15) is 0 Å². The van der Waals surface area contributed by atoms with E-state index >= 15 is 0 Å². The number of benzene rings is 2. The molecule has 116 valence electrons. The van der Waals surface area contributed by atoms with Crippen LogP contribution in [0.2, 0.25) is 0 Å². The van der Waals surface area contributed by atoms with E-state index in [0.717, 1.165) is 0 Å². The molecule has 2 aromatic rings. The van der Waals surface area contributed by atoms with Crippen LogP contribution in [0.15, 0.2) is 68.4 Å². The molecule has 0 aliphatic heterocycles. The summed E-state index contributed by atoms with van der Waals surface area (Å²) in [5.41, 5.74) is 0. The molecule has 0 saturated heterocycles. The molecule has 0 amide bonds. The van der Waals surface area contributed by atoms with Crippen LogP contribution in [0.1, 0.15) is 39.0 Å². The molecule has 2 heteroatoms. The molecule has 0 saturated carbocycles. The SMILES string of the molecule is CCCCCC/C(=C\[Te]c1ccccc1)[Te]c1ccccc1. The van der Waals surface area contributed by atoms with Gasteiger partial charge in [-0.25, -0.2) is 0 Å². The van der Waals surface area contributed by atoms with Gasteiger partial charge in [-0.05, 0) is 0 Å². The van der Waals surface area contributed by atoms with Crippen molar-refractivity contribution in [3.05, 3.63) is 68.4 Å². The third-order valence-electron chi connectivity index (χ3n) is 3.34. The minimum atomic E-state index is -0.165. The zero-order valence-electron chi connectivity index (χ0n) is 13.2. The first-order chi connectivity index (χ1) is 10.9. The third-order valence-corrected chi connectivity index (χ3v) is 10.6. The molecule has 0 aliphatic rings. The van der Waals surface area contributed by atoms with E-state index in [4.69, 9.17) is 0 Å². The van der Waals surface area contributed by atoms with Gasteiger partial charge in [-0.2, -0.15) is 0 Å². The first-order valence-electron chi connectivity index (χ1n) is 8.02. The van der Waals surface area contributed by atoms with E-state index in [9.17, 15) is 0 Å². The molecule has 0 aliphatic carbocycles. The van der Waals surface area contributed by atoms with Crippen molar-refractivity contribution in [2.24, 2.45) is 0 Å². The fourth-order valence-corrected chi connectivity index (χ4v) is 8.51. The number of allylic oxidation sites excluding steroid dienone is 1. The van der Waals surface area contributed by atoms with Crippen LogP contribution in [-0.2, 0) is 0 Å². The molecule has 0 N–H and O–H groups in total. The maximum absolute atomic E-state index is 2.64. The average Bonchev–Trinajstić information content (AvgIpc) is 2.58. The fraction of sp³-hybridized carbons (Fsp3) is 0.300. The summed E-state index contributed by atoms with van der Waals surface area (Å²) >= 11 is -0.324. The Hall–Kier alpha value is -0.241. The number of hydrogen-bond donors (Lipinski definition) is 0. The van der Waals surface area contributed by atoms with Crippen molar-refractivity contribution in [1.29, 1.82) is 0 Å². The molecule has 0 aromatic heterocycles. The quantitative estimate of drug-likeness (QED) is 0.349. The van der Waals surface area contributed by atoms with Gasteiger partial charge in [0.15, 0.2) is 0 Å². The van der Waals surface area contributed by atoms with Crippen molar-refractivity contribution in [3.63, 3.8) is 0 Å². The summed E-state index contributed by atoms with van der Waals surface area (Å²) in [6.45, 7) is 2.29. The van der Waals surface area contributed by atoms with Crippen molar-refractivity contribution in [2.75, 3.05) is 0 Å². The summed E-state index contributed by atoms with van der Waals surface area (Å²) in [6.07, 6.45) is 6.80. The predicted octanol–water partition coefficient (Wildman–Crippen LogP) is 3.86. The van der Waals surface area contributed by atoms with Gasteiger partial charge in [0.05, 0.1) is 0 Å². The summed E-state index contributed by atoms with van der Waals surface area (Å²) in [4.78, 5) is 0. The first-order valence-corrected chi connectivity index (χ1v) is 12.9. The molecule has 0 spiro atoms. The van der Waals surface area contributed by atoms with E-state index in [1.54, 1.807) is 10.8 Å². The van der Waals surface area contributed by atoms with Crippen LogP contribution >= 0.6 is 0 Å². The Morgan fingerprint density at radius 2 is 1.45 bits per heavy atom. The Bertz CT molecular complexity index is 546. The molecule has 0 fully saturated rings. The second-order valence-corrected chi connectivity index (χ2v) is 11.4. The molecule has 22 heavy (non-hydrogen) atoms. The normalized spacial score (nSPS) is 11.6. The van der Waals surface area contributed by atoms with Gasteiger partial charge in [-0.3, -0.25) is 0 Å². The van der Waals surface area contributed by atoms with Crippen molar-refractivity contribution >= 4 is 49.1 Å². The van der Waals surface area contributed by atoms with Crippen LogP contribution in [0.25, 0.3) is 0 Å². The van der Waals surface area contributed by atoms with Crippen molar-refractivity contribution < 1.29 is 0 Å². The van der Waals surface area contributed by atoms with E-state index in [0.29, 0.717) is 0 Å². The van der Waals surface area contributed by atoms with Crippen LogP contribution < -0.4 is 7.22 Å². The Morgan fingerprint density at radius 1 is 0.818 bits per heavy atom. The molecular weight excluding hydrogens is 495 g/mol. The summed E-state index contributed by atoms with van der Waals surface area (Å²) in [6, 6.07) is 22.1. The van der Waals surface area contributed by atoms with E-state index < -0.39 is 0 Å². The number of unbranched alkanes of at least 4 members (excludes halogenated alkanes) is 3. The van der Waals surface area contributed by atoms with Crippen molar-refractivity contribution in [3.8, 4) is 0 Å². The number of hydrogen-bond acceptors (Lipinski definition) is 0. The van der Waals surface area contributed by atoms with Gasteiger partial charge in [-0.15, -0.1) is 0 Å². The molecule has 0 heterocycles. The van der Waals surface area contributed by atoms with E-state index in [-0.39, 0.29) is 41.8 Å². The Morgan fingerprint density at radius 3 is 2.09 bits per heavy atom. The van der Waals surface area contributed by atoms with Crippen molar-refractivity contribution in [2.45, 2.75) is 39.0 Å². The van der Waals surface area contributed by atoms with Crippen LogP contribution in [-0.4, -0.2) is 41.8 Å². The second-order valence-electron chi connectivity index (χ2n) is 5.24. The van der Waals surface area contributed by atoms with Gasteiger partial charge in [0, 0.05) is 0 Å². The van der Waals surface area contributed by atoms with E-state index in [1.165, 1.54) is 32.1 Å². The van der Waals surface area contributed by atoms with Crippen LogP contribution in [0.5, 0.6) is 0 Å². The topological polar surface area (TPSA) is 0 Å². The van der Waals surface area contributed by atoms with Crippen LogP contribution in [0.3, 0.4) is 0 Å². The van der Waals surface area contributed by atoms with Gasteiger partial charge in [0.2, 0.25) is 0 Å². The minimum absolute atomic E-state index is 0.159. The molecule has 2 rings (SSSR count). The Balaban J connectivity index is 1.97. The average molecular weight is 520 g/mol. The van der Waals surface area contributed by atoms with Gasteiger partial charge in [0.25, 0.3) is 0 Å². The zero-order chi connectivity index (χ0) is 15.5. The summed E-state index contributed by atoms with van der Waals surface area (Å²) in [5, 5.41) is 0. The van der Waals surface area contributed by atoms with Gasteiger partial charge >= 0.3 is 157 Å². The van der Waals surface area contributed by atoms with Crippen LogP contribution in [0.4, 0.5) is 0 Å². The molecule has 0 bridgehead atoms.